The zero-order valence-corrected chi connectivity index (χ0v) is 14.0. The SMILES string of the molecule is CC(C)OC1CN(Nc2ccccc2)c2ncncc2N(C)C1=O. The van der Waals surface area contributed by atoms with Gasteiger partial charge in [0.25, 0.3) is 5.91 Å². The predicted molar refractivity (Wildman–Crippen MR) is 92.9 cm³/mol. The Morgan fingerprint density at radius 1 is 1.29 bits per heavy atom. The second kappa shape index (κ2) is 6.84. The van der Waals surface area contributed by atoms with E-state index in [2.05, 4.69) is 15.4 Å². The average Bonchev–Trinajstić information content (AvgIpc) is 2.67. The summed E-state index contributed by atoms with van der Waals surface area (Å²) in [7, 11) is 1.72. The van der Waals surface area contributed by atoms with Gasteiger partial charge in [-0.2, -0.15) is 0 Å². The van der Waals surface area contributed by atoms with Crippen LogP contribution in [0.15, 0.2) is 42.9 Å². The fourth-order valence-corrected chi connectivity index (χ4v) is 2.62. The van der Waals surface area contributed by atoms with Gasteiger partial charge in [0.05, 0.1) is 24.5 Å². The minimum Gasteiger partial charge on any atom is -0.364 e. The molecule has 1 aromatic heterocycles. The summed E-state index contributed by atoms with van der Waals surface area (Å²) in [6.07, 6.45) is 2.46. The Kier molecular flexibility index (Phi) is 4.61. The molecule has 0 radical (unpaired) electrons. The lowest BCUT2D eigenvalue weighted by atomic mass is 10.3. The number of aromatic nitrogens is 2. The number of hydrogen-bond acceptors (Lipinski definition) is 6. The molecule has 0 saturated carbocycles. The number of benzene rings is 1. The van der Waals surface area contributed by atoms with E-state index in [4.69, 9.17) is 4.74 Å². The monoisotopic (exact) mass is 327 g/mol. The fraction of sp³-hybridized carbons (Fsp3) is 0.353. The number of fused-ring (bicyclic) bond motifs is 1. The van der Waals surface area contributed by atoms with E-state index in [1.54, 1.807) is 18.1 Å². The number of rotatable bonds is 4. The maximum atomic E-state index is 12.7. The minimum absolute atomic E-state index is 0.0572. The summed E-state index contributed by atoms with van der Waals surface area (Å²) >= 11 is 0. The van der Waals surface area contributed by atoms with Crippen LogP contribution >= 0.6 is 0 Å². The molecule has 1 atom stereocenters. The molecule has 3 rings (SSSR count). The van der Waals surface area contributed by atoms with Crippen molar-refractivity contribution >= 4 is 23.1 Å². The fourth-order valence-electron chi connectivity index (χ4n) is 2.62. The molecule has 0 fully saturated rings. The van der Waals surface area contributed by atoms with E-state index in [1.165, 1.54) is 6.33 Å². The zero-order valence-electron chi connectivity index (χ0n) is 14.0. The van der Waals surface area contributed by atoms with Gasteiger partial charge in [0, 0.05) is 7.05 Å². The lowest BCUT2D eigenvalue weighted by Gasteiger charge is -2.27. The van der Waals surface area contributed by atoms with Crippen LogP contribution in [0.1, 0.15) is 13.8 Å². The molecule has 0 saturated heterocycles. The van der Waals surface area contributed by atoms with Gasteiger partial charge in [0.2, 0.25) is 0 Å². The molecule has 2 aromatic rings. The zero-order chi connectivity index (χ0) is 17.1. The van der Waals surface area contributed by atoms with E-state index in [0.717, 1.165) is 5.69 Å². The average molecular weight is 327 g/mol. The molecule has 24 heavy (non-hydrogen) atoms. The highest BCUT2D eigenvalue weighted by Gasteiger charge is 2.34. The molecule has 126 valence electrons. The van der Waals surface area contributed by atoms with E-state index in [9.17, 15) is 4.79 Å². The molecule has 1 aromatic carbocycles. The molecule has 1 aliphatic heterocycles. The summed E-state index contributed by atoms with van der Waals surface area (Å²) in [5.74, 6) is 0.525. The van der Waals surface area contributed by atoms with Gasteiger partial charge in [-0.05, 0) is 26.0 Å². The van der Waals surface area contributed by atoms with Crippen LogP contribution in [0.4, 0.5) is 17.2 Å². The molecule has 7 nitrogen and oxygen atoms in total. The standard InChI is InChI=1S/C17H21N5O2/c1-12(2)24-15-10-22(20-13-7-5-4-6-8-13)16-14(9-18-11-19-16)21(3)17(15)23/h4-9,11-12,15,20H,10H2,1-3H3. The molecule has 0 bridgehead atoms. The van der Waals surface area contributed by atoms with Gasteiger partial charge in [0.1, 0.15) is 12.0 Å². The molecular formula is C17H21N5O2. The molecule has 0 aliphatic carbocycles. The summed E-state index contributed by atoms with van der Waals surface area (Å²) in [4.78, 5) is 22.7. The van der Waals surface area contributed by atoms with Gasteiger partial charge >= 0.3 is 0 Å². The number of nitrogens with zero attached hydrogens (tertiary/aromatic N) is 4. The molecule has 1 amide bonds. The lowest BCUT2D eigenvalue weighted by molar-refractivity contribution is -0.131. The van der Waals surface area contributed by atoms with E-state index < -0.39 is 6.10 Å². The maximum Gasteiger partial charge on any atom is 0.257 e. The van der Waals surface area contributed by atoms with Crippen molar-refractivity contribution in [2.75, 3.05) is 28.9 Å². The number of carbonyl (C=O) groups is 1. The smallest absolute Gasteiger partial charge is 0.257 e. The number of anilines is 3. The second-order valence-corrected chi connectivity index (χ2v) is 5.89. The van der Waals surface area contributed by atoms with Crippen molar-refractivity contribution in [3.63, 3.8) is 0 Å². The number of likely N-dealkylation sites (N-methyl/N-ethyl adjacent to an activating group) is 1. The van der Waals surface area contributed by atoms with Gasteiger partial charge in [-0.3, -0.25) is 15.2 Å². The quantitative estimate of drug-likeness (QED) is 0.927. The van der Waals surface area contributed by atoms with Crippen LogP contribution in [0.5, 0.6) is 0 Å². The first-order valence-corrected chi connectivity index (χ1v) is 7.88. The number of carbonyl (C=O) groups excluding carboxylic acids is 1. The number of amides is 1. The maximum absolute atomic E-state index is 12.7. The molecular weight excluding hydrogens is 306 g/mol. The highest BCUT2D eigenvalue weighted by molar-refractivity contribution is 6.00. The first kappa shape index (κ1) is 16.2. The number of hydrazine groups is 1. The molecule has 1 N–H and O–H groups in total. The first-order chi connectivity index (χ1) is 11.6. The Balaban J connectivity index is 1.97. The van der Waals surface area contributed by atoms with Crippen LogP contribution in [-0.2, 0) is 9.53 Å². The van der Waals surface area contributed by atoms with Crippen molar-refractivity contribution in [1.29, 1.82) is 0 Å². The Labute approximate surface area is 141 Å². The van der Waals surface area contributed by atoms with Gasteiger partial charge in [0.15, 0.2) is 11.9 Å². The van der Waals surface area contributed by atoms with Crippen LogP contribution in [0.3, 0.4) is 0 Å². The first-order valence-electron chi connectivity index (χ1n) is 7.88. The van der Waals surface area contributed by atoms with Gasteiger partial charge in [-0.15, -0.1) is 0 Å². The highest BCUT2D eigenvalue weighted by Crippen LogP contribution is 2.30. The number of nitrogens with one attached hydrogen (secondary N) is 1. The number of hydrogen-bond donors (Lipinski definition) is 1. The Bertz CT molecular complexity index is 707. The van der Waals surface area contributed by atoms with Crippen LogP contribution in [-0.4, -0.2) is 41.7 Å². The molecule has 2 heterocycles. The van der Waals surface area contributed by atoms with E-state index in [1.807, 2.05) is 49.2 Å². The lowest BCUT2D eigenvalue weighted by Crippen LogP contribution is -2.44. The largest absolute Gasteiger partial charge is 0.364 e. The highest BCUT2D eigenvalue weighted by atomic mass is 16.5. The Morgan fingerprint density at radius 2 is 2.04 bits per heavy atom. The van der Waals surface area contributed by atoms with Gasteiger partial charge < -0.3 is 9.64 Å². The normalized spacial score (nSPS) is 17.7. The Morgan fingerprint density at radius 3 is 2.75 bits per heavy atom. The van der Waals surface area contributed by atoms with Crippen molar-refractivity contribution < 1.29 is 9.53 Å². The van der Waals surface area contributed by atoms with E-state index in [-0.39, 0.29) is 12.0 Å². The topological polar surface area (TPSA) is 70.6 Å². The van der Waals surface area contributed by atoms with Crippen LogP contribution in [0.25, 0.3) is 0 Å². The van der Waals surface area contributed by atoms with Crippen molar-refractivity contribution in [3.05, 3.63) is 42.9 Å². The summed E-state index contributed by atoms with van der Waals surface area (Å²) in [5.41, 5.74) is 4.85. The summed E-state index contributed by atoms with van der Waals surface area (Å²) in [5, 5.41) is 1.83. The van der Waals surface area contributed by atoms with Crippen molar-refractivity contribution in [3.8, 4) is 0 Å². The number of ether oxygens (including phenoxy) is 1. The molecule has 7 heteroatoms. The van der Waals surface area contributed by atoms with E-state index >= 15 is 0 Å². The predicted octanol–water partition coefficient (Wildman–Crippen LogP) is 2.08. The van der Waals surface area contributed by atoms with E-state index in [0.29, 0.717) is 18.1 Å². The third kappa shape index (κ3) is 3.30. The van der Waals surface area contributed by atoms with Gasteiger partial charge in [-0.25, -0.2) is 9.97 Å². The van der Waals surface area contributed by atoms with Crippen LogP contribution in [0.2, 0.25) is 0 Å². The molecule has 1 unspecified atom stereocenters. The molecule has 0 spiro atoms. The Hall–Kier alpha value is -2.67. The van der Waals surface area contributed by atoms with Crippen molar-refractivity contribution in [1.82, 2.24) is 9.97 Å². The third-order valence-electron chi connectivity index (χ3n) is 3.72. The van der Waals surface area contributed by atoms with Crippen LogP contribution < -0.4 is 15.3 Å². The summed E-state index contributed by atoms with van der Waals surface area (Å²) in [6.45, 7) is 4.18. The number of para-hydroxylation sites is 1. The van der Waals surface area contributed by atoms with Crippen molar-refractivity contribution in [2.45, 2.75) is 26.1 Å². The van der Waals surface area contributed by atoms with Gasteiger partial charge in [-0.1, -0.05) is 18.2 Å². The third-order valence-corrected chi connectivity index (χ3v) is 3.72. The second-order valence-electron chi connectivity index (χ2n) is 5.89. The summed E-state index contributed by atoms with van der Waals surface area (Å²) < 4.78 is 5.83. The van der Waals surface area contributed by atoms with Crippen LogP contribution in [0, 0.1) is 0 Å². The minimum atomic E-state index is -0.597. The van der Waals surface area contributed by atoms with Crippen molar-refractivity contribution in [2.24, 2.45) is 0 Å². The molecule has 1 aliphatic rings. The summed E-state index contributed by atoms with van der Waals surface area (Å²) in [6, 6.07) is 9.75.